The van der Waals surface area contributed by atoms with E-state index in [1.807, 2.05) is 0 Å². The van der Waals surface area contributed by atoms with E-state index < -0.39 is 50.5 Å². The first-order chi connectivity index (χ1) is 14.5. The molecule has 1 heterocycles. The molecule has 0 spiro atoms. The van der Waals surface area contributed by atoms with Crippen molar-refractivity contribution in [1.82, 2.24) is 5.32 Å². The smallest absolute Gasteiger partial charge is 0.347 e. The number of alkyl halides is 3. The lowest BCUT2D eigenvalue weighted by molar-refractivity contribution is -0.139. The maximum Gasteiger partial charge on any atom is 0.399 e. The van der Waals surface area contributed by atoms with Gasteiger partial charge in [0.15, 0.2) is 5.82 Å². The minimum Gasteiger partial charge on any atom is -0.347 e. The third-order valence-corrected chi connectivity index (χ3v) is 6.64. The van der Waals surface area contributed by atoms with Gasteiger partial charge >= 0.3 is 6.18 Å². The van der Waals surface area contributed by atoms with Gasteiger partial charge in [0.2, 0.25) is 0 Å². The zero-order chi connectivity index (χ0) is 22.9. The summed E-state index contributed by atoms with van der Waals surface area (Å²) in [5.41, 5.74) is -0.582. The van der Waals surface area contributed by atoms with Gasteiger partial charge in [-0.25, -0.2) is 8.78 Å². The van der Waals surface area contributed by atoms with Crippen LogP contribution in [0.5, 0.6) is 0 Å². The van der Waals surface area contributed by atoms with Crippen LogP contribution in [0.4, 0.5) is 22.0 Å². The standard InChI is InChI=1S/C20H14Cl2F5NO2S/c21-15-6-11(7-16(22)18(15)24)14(20(25,26)27)4-2-10-1-3-13(17(23)5-10)19(29)28-12-8-31(30)9-12/h1-7,12,14H,8-9H2,(H,28,29). The number of hydrogen-bond acceptors (Lipinski definition) is 2. The fraction of sp³-hybridized carbons (Fsp3) is 0.250. The highest BCUT2D eigenvalue weighted by molar-refractivity contribution is 7.86. The second-order valence-electron chi connectivity index (χ2n) is 6.86. The van der Waals surface area contributed by atoms with Gasteiger partial charge in [0, 0.05) is 22.3 Å². The second kappa shape index (κ2) is 9.26. The summed E-state index contributed by atoms with van der Waals surface area (Å²) < 4.78 is 79.5. The van der Waals surface area contributed by atoms with Crippen molar-refractivity contribution in [3.63, 3.8) is 0 Å². The molecule has 0 aromatic heterocycles. The van der Waals surface area contributed by atoms with Gasteiger partial charge in [0.1, 0.15) is 5.82 Å². The molecule has 1 aliphatic heterocycles. The Kier molecular flexibility index (Phi) is 7.08. The van der Waals surface area contributed by atoms with Gasteiger partial charge in [-0.05, 0) is 35.4 Å². The second-order valence-corrected chi connectivity index (χ2v) is 9.22. The molecule has 3 rings (SSSR count). The van der Waals surface area contributed by atoms with Crippen LogP contribution >= 0.6 is 23.2 Å². The van der Waals surface area contributed by atoms with Crippen molar-refractivity contribution in [2.24, 2.45) is 0 Å². The first kappa shape index (κ1) is 23.7. The molecule has 1 atom stereocenters. The summed E-state index contributed by atoms with van der Waals surface area (Å²) in [6, 6.07) is 4.70. The van der Waals surface area contributed by atoms with E-state index in [1.165, 1.54) is 6.07 Å². The Morgan fingerprint density at radius 3 is 2.26 bits per heavy atom. The molecular weight excluding hydrogens is 484 g/mol. The lowest BCUT2D eigenvalue weighted by Crippen LogP contribution is -2.50. The number of hydrogen-bond donors (Lipinski definition) is 1. The Hall–Kier alpha value is -1.97. The Labute approximate surface area is 186 Å². The van der Waals surface area contributed by atoms with E-state index in [9.17, 15) is 31.0 Å². The Balaban J connectivity index is 1.82. The molecule has 166 valence electrons. The minimum atomic E-state index is -4.75. The SMILES string of the molecule is O=C(NC1CS(=O)C1)c1ccc(C=CC(c2cc(Cl)c(F)c(Cl)c2)C(F)(F)F)cc1F. The van der Waals surface area contributed by atoms with Gasteiger partial charge in [0.05, 0.1) is 27.6 Å². The summed E-state index contributed by atoms with van der Waals surface area (Å²) in [5.74, 6) is -4.22. The number of rotatable bonds is 5. The number of nitrogens with one attached hydrogen (secondary N) is 1. The van der Waals surface area contributed by atoms with Crippen LogP contribution < -0.4 is 5.32 Å². The molecule has 2 aromatic carbocycles. The monoisotopic (exact) mass is 497 g/mol. The maximum absolute atomic E-state index is 14.3. The molecule has 31 heavy (non-hydrogen) atoms. The molecule has 1 amide bonds. The largest absolute Gasteiger partial charge is 0.399 e. The molecule has 1 fully saturated rings. The zero-order valence-electron chi connectivity index (χ0n) is 15.5. The van der Waals surface area contributed by atoms with Crippen molar-refractivity contribution in [3.05, 3.63) is 74.8 Å². The normalized spacial score (nSPS) is 19.8. The maximum atomic E-state index is 14.3. The van der Waals surface area contributed by atoms with E-state index in [0.29, 0.717) is 11.5 Å². The van der Waals surface area contributed by atoms with Crippen LogP contribution in [0.2, 0.25) is 10.0 Å². The quantitative estimate of drug-likeness (QED) is 0.438. The first-order valence-electron chi connectivity index (χ1n) is 8.80. The molecule has 3 nitrogen and oxygen atoms in total. The predicted octanol–water partition coefficient (Wildman–Crippen LogP) is 5.49. The zero-order valence-corrected chi connectivity index (χ0v) is 17.8. The Bertz CT molecular complexity index is 1040. The van der Waals surface area contributed by atoms with Gasteiger partial charge in [-0.2, -0.15) is 13.2 Å². The highest BCUT2D eigenvalue weighted by Gasteiger charge is 2.39. The lowest BCUT2D eigenvalue weighted by atomic mass is 9.96. The van der Waals surface area contributed by atoms with Gasteiger partial charge in [-0.15, -0.1) is 0 Å². The van der Waals surface area contributed by atoms with E-state index in [1.54, 1.807) is 0 Å². The summed E-state index contributed by atoms with van der Waals surface area (Å²) >= 11 is 11.2. The number of halogens is 7. The van der Waals surface area contributed by atoms with Crippen LogP contribution in [-0.2, 0) is 10.8 Å². The summed E-state index contributed by atoms with van der Waals surface area (Å²) in [6.07, 6.45) is -2.95. The van der Waals surface area contributed by atoms with Gasteiger partial charge in [-0.3, -0.25) is 9.00 Å². The van der Waals surface area contributed by atoms with Gasteiger partial charge in [-0.1, -0.05) is 41.4 Å². The highest BCUT2D eigenvalue weighted by atomic mass is 35.5. The number of carbonyl (C=O) groups is 1. The molecule has 0 aliphatic carbocycles. The van der Waals surface area contributed by atoms with Crippen LogP contribution in [0, 0.1) is 11.6 Å². The molecule has 1 N–H and O–H groups in total. The molecule has 0 bridgehead atoms. The van der Waals surface area contributed by atoms with Crippen molar-refractivity contribution < 1.29 is 31.0 Å². The number of amides is 1. The van der Waals surface area contributed by atoms with E-state index in [4.69, 9.17) is 23.2 Å². The van der Waals surface area contributed by atoms with Crippen LogP contribution in [0.25, 0.3) is 6.08 Å². The molecule has 11 heteroatoms. The number of allylic oxidation sites excluding steroid dienone is 1. The van der Waals surface area contributed by atoms with Crippen LogP contribution in [0.15, 0.2) is 36.4 Å². The molecular formula is C20H14Cl2F5NO2S. The third-order valence-electron chi connectivity index (χ3n) is 4.55. The predicted molar refractivity (Wildman–Crippen MR) is 110 cm³/mol. The molecule has 0 saturated carbocycles. The van der Waals surface area contributed by atoms with E-state index in [0.717, 1.165) is 36.4 Å². The Morgan fingerprint density at radius 2 is 1.74 bits per heavy atom. The van der Waals surface area contributed by atoms with Crippen LogP contribution in [-0.4, -0.2) is 33.8 Å². The average Bonchev–Trinajstić information content (AvgIpc) is 2.63. The van der Waals surface area contributed by atoms with Crippen LogP contribution in [0.1, 0.15) is 27.4 Å². The number of carbonyl (C=O) groups excluding carboxylic acids is 1. The summed E-state index contributed by atoms with van der Waals surface area (Å²) in [6.45, 7) is 0. The molecule has 1 saturated heterocycles. The van der Waals surface area contributed by atoms with Crippen molar-refractivity contribution in [3.8, 4) is 0 Å². The van der Waals surface area contributed by atoms with Gasteiger partial charge < -0.3 is 5.32 Å². The highest BCUT2D eigenvalue weighted by Crippen LogP contribution is 2.39. The van der Waals surface area contributed by atoms with E-state index in [-0.39, 0.29) is 22.7 Å². The van der Waals surface area contributed by atoms with Crippen LogP contribution in [0.3, 0.4) is 0 Å². The third kappa shape index (κ3) is 5.64. The lowest BCUT2D eigenvalue weighted by Gasteiger charge is -2.25. The molecule has 1 unspecified atom stereocenters. The van der Waals surface area contributed by atoms with Gasteiger partial charge in [0.25, 0.3) is 5.91 Å². The van der Waals surface area contributed by atoms with Crippen molar-refractivity contribution >= 4 is 46.0 Å². The van der Waals surface area contributed by atoms with Crippen molar-refractivity contribution in [2.45, 2.75) is 18.1 Å². The molecule has 1 aliphatic rings. The molecule has 0 radical (unpaired) electrons. The Morgan fingerprint density at radius 1 is 1.13 bits per heavy atom. The fourth-order valence-electron chi connectivity index (χ4n) is 2.94. The minimum absolute atomic E-state index is 0.0763. The van der Waals surface area contributed by atoms with Crippen molar-refractivity contribution in [2.75, 3.05) is 11.5 Å². The van der Waals surface area contributed by atoms with E-state index in [2.05, 4.69) is 5.32 Å². The summed E-state index contributed by atoms with van der Waals surface area (Å²) in [7, 11) is -0.986. The first-order valence-corrected chi connectivity index (χ1v) is 11.0. The average molecular weight is 498 g/mol. The number of benzene rings is 2. The summed E-state index contributed by atoms with van der Waals surface area (Å²) in [5, 5.41) is 1.43. The summed E-state index contributed by atoms with van der Waals surface area (Å²) in [4.78, 5) is 12.1. The van der Waals surface area contributed by atoms with E-state index >= 15 is 0 Å². The fourth-order valence-corrected chi connectivity index (χ4v) is 4.41. The molecule has 2 aromatic rings. The topological polar surface area (TPSA) is 46.2 Å². The van der Waals surface area contributed by atoms with Crippen molar-refractivity contribution in [1.29, 1.82) is 0 Å².